The number of hydrogen-bond donors (Lipinski definition) is 0. The van der Waals surface area contributed by atoms with Crippen molar-refractivity contribution in [3.05, 3.63) is 0 Å². The second-order valence-corrected chi connectivity index (χ2v) is 13.2. The molecular weight excluding hydrogens is 439 g/mol. The Labute approximate surface area is 201 Å². The quantitative estimate of drug-likeness (QED) is 0.240. The minimum absolute atomic E-state index is 0. The first-order valence-electron chi connectivity index (χ1n) is 6.24. The Morgan fingerprint density at radius 1 is 0.760 bits per heavy atom. The number of halogens is 2. The predicted octanol–water partition coefficient (Wildman–Crippen LogP) is -3.63. The second-order valence-electron chi connectivity index (χ2n) is 6.76. The van der Waals surface area contributed by atoms with Crippen molar-refractivity contribution in [3.63, 3.8) is 0 Å². The van der Waals surface area contributed by atoms with Crippen LogP contribution < -0.4 is 68.9 Å². The van der Waals surface area contributed by atoms with E-state index in [1.165, 1.54) is 41.5 Å². The van der Waals surface area contributed by atoms with Crippen LogP contribution >= 0.6 is 38.4 Å². The predicted molar refractivity (Wildman–Crippen MR) is 80.7 cm³/mol. The van der Waals surface area contributed by atoms with Crippen molar-refractivity contribution < 1.29 is 96.7 Å². The Balaban J connectivity index is -0.00000242. The fourth-order valence-electron chi connectivity index (χ4n) is 0.752. The van der Waals surface area contributed by atoms with Gasteiger partial charge in [0, 0.05) is 0 Å². The summed E-state index contributed by atoms with van der Waals surface area (Å²) in [6.07, 6.45) is 0. The molecule has 0 aromatic heterocycles. The van der Waals surface area contributed by atoms with Gasteiger partial charge in [-0.05, 0) is 41.5 Å². The Morgan fingerprint density at radius 2 is 0.960 bits per heavy atom. The molecule has 0 rings (SSSR count). The maximum absolute atomic E-state index is 11.9. The molecule has 0 aromatic rings. The number of carbonyl (C=O) groups excluding carboxylic acids is 2. The van der Waals surface area contributed by atoms with E-state index in [0.29, 0.717) is 0 Å². The van der Waals surface area contributed by atoms with Gasteiger partial charge in [0.25, 0.3) is 3.82 Å². The summed E-state index contributed by atoms with van der Waals surface area (Å²) in [4.78, 5) is 47.1. The maximum Gasteiger partial charge on any atom is 1.00 e. The molecule has 0 amide bonds. The van der Waals surface area contributed by atoms with Crippen molar-refractivity contribution in [2.45, 2.75) is 45.4 Å². The molecule has 0 saturated carbocycles. The standard InChI is InChI=1S/C11H20Cl2O8P2.2Na/c1-9(2,3)7(14)20-22(16,17)11(12,13)23(18,19)21-8(15)10(4,5)6;;/h1-6H3,(H,16,17)(H,18,19);;/q;2*+1/p-2. The van der Waals surface area contributed by atoms with Gasteiger partial charge in [0.05, 0.1) is 10.8 Å². The Hall–Kier alpha value is 1.90. The van der Waals surface area contributed by atoms with E-state index in [1.54, 1.807) is 0 Å². The SMILES string of the molecule is CC(C)(C)C(=O)OP(=O)([O-])C(Cl)(Cl)P(=O)([O-])OC(=O)C(C)(C)C.[Na+].[Na+]. The third-order valence-corrected chi connectivity index (χ3v) is 8.37. The Bertz CT molecular complexity index is 548. The summed E-state index contributed by atoms with van der Waals surface area (Å²) in [5.41, 5.74) is -2.53. The normalized spacial score (nSPS) is 17.0. The van der Waals surface area contributed by atoms with Crippen LogP contribution in [0.4, 0.5) is 0 Å². The molecule has 0 saturated heterocycles. The Morgan fingerprint density at radius 3 is 1.12 bits per heavy atom. The zero-order chi connectivity index (χ0) is 19.1. The van der Waals surface area contributed by atoms with Crippen LogP contribution in [0.5, 0.6) is 0 Å². The molecule has 136 valence electrons. The molecule has 2 unspecified atom stereocenters. The third kappa shape index (κ3) is 8.43. The van der Waals surface area contributed by atoms with Gasteiger partial charge in [0.1, 0.15) is 0 Å². The van der Waals surface area contributed by atoms with Crippen molar-refractivity contribution >= 4 is 50.3 Å². The first-order chi connectivity index (χ1) is 9.76. The summed E-state index contributed by atoms with van der Waals surface area (Å²) in [5.74, 6) is -2.55. The molecule has 0 fully saturated rings. The largest absolute Gasteiger partial charge is 1.00 e. The summed E-state index contributed by atoms with van der Waals surface area (Å²) in [7, 11) is -11.4. The van der Waals surface area contributed by atoms with E-state index in [1.807, 2.05) is 0 Å². The van der Waals surface area contributed by atoms with Gasteiger partial charge in [0.15, 0.2) is 0 Å². The van der Waals surface area contributed by atoms with Crippen molar-refractivity contribution in [2.75, 3.05) is 0 Å². The molecule has 0 aliphatic carbocycles. The molecule has 25 heavy (non-hydrogen) atoms. The van der Waals surface area contributed by atoms with E-state index in [0.717, 1.165) is 0 Å². The summed E-state index contributed by atoms with van der Waals surface area (Å²) in [5, 5.41) is 0. The van der Waals surface area contributed by atoms with E-state index in [2.05, 4.69) is 9.05 Å². The van der Waals surface area contributed by atoms with Gasteiger partial charge in [-0.15, -0.1) is 0 Å². The minimum Gasteiger partial charge on any atom is -0.766 e. The van der Waals surface area contributed by atoms with Crippen LogP contribution in [0.3, 0.4) is 0 Å². The summed E-state index contributed by atoms with van der Waals surface area (Å²) >= 11 is 10.7. The molecule has 14 heteroatoms. The van der Waals surface area contributed by atoms with Gasteiger partial charge in [0.2, 0.25) is 15.2 Å². The third-order valence-electron chi connectivity index (χ3n) is 2.29. The smallest absolute Gasteiger partial charge is 0.766 e. The van der Waals surface area contributed by atoms with E-state index < -0.39 is 41.8 Å². The molecule has 0 aliphatic heterocycles. The van der Waals surface area contributed by atoms with Gasteiger partial charge in [-0.1, -0.05) is 23.2 Å². The summed E-state index contributed by atoms with van der Waals surface area (Å²) < 4.78 is 28.5. The molecule has 0 aromatic carbocycles. The van der Waals surface area contributed by atoms with Crippen LogP contribution in [0.1, 0.15) is 41.5 Å². The topological polar surface area (TPSA) is 133 Å². The van der Waals surface area contributed by atoms with Gasteiger partial charge in [-0.3, -0.25) is 18.7 Å². The van der Waals surface area contributed by atoms with Crippen LogP contribution in [0.25, 0.3) is 0 Å². The number of alkyl halides is 2. The molecule has 0 spiro atoms. The summed E-state index contributed by atoms with van der Waals surface area (Å²) in [6, 6.07) is 0. The first kappa shape index (κ1) is 31.6. The van der Waals surface area contributed by atoms with Crippen LogP contribution in [0.2, 0.25) is 0 Å². The minimum atomic E-state index is -5.70. The number of hydrogen-bond acceptors (Lipinski definition) is 8. The zero-order valence-electron chi connectivity index (χ0n) is 15.4. The van der Waals surface area contributed by atoms with Crippen molar-refractivity contribution in [1.82, 2.24) is 0 Å². The van der Waals surface area contributed by atoms with Gasteiger partial charge in [-0.25, -0.2) is 0 Å². The average Bonchev–Trinajstić information content (AvgIpc) is 2.24. The number of carbonyl (C=O) groups is 2. The van der Waals surface area contributed by atoms with Crippen LogP contribution in [0, 0.1) is 10.8 Å². The van der Waals surface area contributed by atoms with Gasteiger partial charge < -0.3 is 18.8 Å². The summed E-state index contributed by atoms with van der Waals surface area (Å²) in [6.45, 7) is 7.98. The molecule has 0 bridgehead atoms. The molecule has 2 atom stereocenters. The molecule has 0 radical (unpaired) electrons. The monoisotopic (exact) mass is 456 g/mol. The maximum atomic E-state index is 11.9. The second kappa shape index (κ2) is 10.1. The van der Waals surface area contributed by atoms with Crippen molar-refractivity contribution in [3.8, 4) is 0 Å². The number of rotatable bonds is 4. The van der Waals surface area contributed by atoms with Gasteiger partial charge >= 0.3 is 71.1 Å². The zero-order valence-corrected chi connectivity index (χ0v) is 22.7. The molecule has 0 heterocycles. The van der Waals surface area contributed by atoms with E-state index in [4.69, 9.17) is 23.2 Å². The van der Waals surface area contributed by atoms with Crippen LogP contribution in [-0.4, -0.2) is 15.8 Å². The molecule has 0 N–H and O–H groups in total. The molecule has 0 aliphatic rings. The van der Waals surface area contributed by atoms with Crippen LogP contribution in [0.15, 0.2) is 0 Å². The average molecular weight is 457 g/mol. The molecule has 8 nitrogen and oxygen atoms in total. The Kier molecular flexibility index (Phi) is 12.7. The van der Waals surface area contributed by atoms with Crippen molar-refractivity contribution in [2.24, 2.45) is 10.8 Å². The van der Waals surface area contributed by atoms with E-state index in [9.17, 15) is 28.5 Å². The van der Waals surface area contributed by atoms with Crippen molar-refractivity contribution in [1.29, 1.82) is 0 Å². The van der Waals surface area contributed by atoms with Crippen LogP contribution in [-0.2, 0) is 27.8 Å². The fraction of sp³-hybridized carbons (Fsp3) is 0.818. The van der Waals surface area contributed by atoms with E-state index >= 15 is 0 Å². The molecular formula is C11H18Cl2Na2O8P2. The van der Waals surface area contributed by atoms with Gasteiger partial charge in [-0.2, -0.15) is 0 Å². The van der Waals surface area contributed by atoms with E-state index in [-0.39, 0.29) is 59.1 Å². The fourth-order valence-corrected chi connectivity index (χ4v) is 3.81. The first-order valence-corrected chi connectivity index (χ1v) is 10.1.